The minimum absolute atomic E-state index is 0.104. The van der Waals surface area contributed by atoms with Crippen LogP contribution in [0, 0.1) is 0 Å². The lowest BCUT2D eigenvalue weighted by Crippen LogP contribution is -2.24. The monoisotopic (exact) mass is 301 g/mol. The second-order valence-corrected chi connectivity index (χ2v) is 7.07. The normalized spacial score (nSPS) is 26.0. The number of nitrogens with zero attached hydrogens (tertiary/aromatic N) is 1. The topological polar surface area (TPSA) is 21.7 Å². The maximum atomic E-state index is 6.41. The van der Waals surface area contributed by atoms with Gasteiger partial charge < -0.3 is 9.26 Å². The molecule has 0 spiro atoms. The van der Waals surface area contributed by atoms with E-state index in [0.29, 0.717) is 6.04 Å². The van der Waals surface area contributed by atoms with Crippen molar-refractivity contribution in [2.45, 2.75) is 19.1 Å². The van der Waals surface area contributed by atoms with Crippen molar-refractivity contribution in [1.29, 1.82) is 0 Å². The zero-order valence-electron chi connectivity index (χ0n) is 12.6. The molecule has 1 heterocycles. The lowest BCUT2D eigenvalue weighted by molar-refractivity contribution is 0.218. The van der Waals surface area contributed by atoms with Gasteiger partial charge in [0, 0.05) is 6.04 Å². The molecule has 2 aromatic rings. The zero-order valence-corrected chi connectivity index (χ0v) is 13.5. The van der Waals surface area contributed by atoms with Gasteiger partial charge in [-0.15, -0.1) is 0 Å². The van der Waals surface area contributed by atoms with Crippen molar-refractivity contribution < 1.29 is 9.26 Å². The molecule has 4 heteroatoms. The minimum atomic E-state index is -0.822. The molecule has 3 nitrogen and oxygen atoms in total. The van der Waals surface area contributed by atoms with Crippen molar-refractivity contribution in [3.63, 3.8) is 0 Å². The van der Waals surface area contributed by atoms with Crippen LogP contribution in [0.5, 0.6) is 5.75 Å². The summed E-state index contributed by atoms with van der Waals surface area (Å²) in [5.41, 5.74) is 1.23. The van der Waals surface area contributed by atoms with Gasteiger partial charge in [-0.3, -0.25) is 4.67 Å². The maximum absolute atomic E-state index is 6.41. The van der Waals surface area contributed by atoms with Gasteiger partial charge in [0.05, 0.1) is 12.4 Å². The summed E-state index contributed by atoms with van der Waals surface area (Å²) < 4.78 is 14.2. The number of rotatable bonds is 3. The summed E-state index contributed by atoms with van der Waals surface area (Å²) in [5.74, 6) is 0.899. The highest BCUT2D eigenvalue weighted by Crippen LogP contribution is 2.55. The molecule has 1 aliphatic rings. The number of hydrogen-bond donors (Lipinski definition) is 0. The van der Waals surface area contributed by atoms with E-state index in [1.165, 1.54) is 5.56 Å². The van der Waals surface area contributed by atoms with Crippen molar-refractivity contribution in [2.24, 2.45) is 0 Å². The third kappa shape index (κ3) is 2.69. The minimum Gasteiger partial charge on any atom is -0.496 e. The van der Waals surface area contributed by atoms with Crippen LogP contribution in [-0.2, 0) is 4.52 Å². The Hall–Kier alpha value is -1.41. The van der Waals surface area contributed by atoms with Crippen LogP contribution in [0.1, 0.15) is 18.6 Å². The predicted octanol–water partition coefficient (Wildman–Crippen LogP) is 3.72. The number of likely N-dealkylation sites (N-methyl/N-ethyl adjacent to an activating group) is 1. The average Bonchev–Trinajstić information content (AvgIpc) is 2.84. The van der Waals surface area contributed by atoms with E-state index in [4.69, 9.17) is 9.26 Å². The molecule has 21 heavy (non-hydrogen) atoms. The van der Waals surface area contributed by atoms with Gasteiger partial charge in [0.1, 0.15) is 20.2 Å². The highest BCUT2D eigenvalue weighted by Gasteiger charge is 2.40. The Kier molecular flexibility index (Phi) is 4.25. The fourth-order valence-electron chi connectivity index (χ4n) is 2.63. The van der Waals surface area contributed by atoms with Gasteiger partial charge in [-0.2, -0.15) is 0 Å². The quantitative estimate of drug-likeness (QED) is 0.806. The standard InChI is InChI=1S/C17H20NO2P/c1-13-17(14-9-5-4-6-10-14)20-21(18(13)2)16-12-8-7-11-15(16)19-3/h4-13,17H,1-3H3/t13-,17-,21+/m0/s1. The molecular formula is C17H20NO2P. The molecule has 3 atom stereocenters. The van der Waals surface area contributed by atoms with E-state index in [1.807, 2.05) is 24.3 Å². The lowest BCUT2D eigenvalue weighted by Gasteiger charge is -2.21. The van der Waals surface area contributed by atoms with E-state index in [9.17, 15) is 0 Å². The fraction of sp³-hybridized carbons (Fsp3) is 0.294. The first-order valence-electron chi connectivity index (χ1n) is 7.10. The largest absolute Gasteiger partial charge is 0.496 e. The molecule has 0 N–H and O–H groups in total. The van der Waals surface area contributed by atoms with E-state index in [-0.39, 0.29) is 6.10 Å². The van der Waals surface area contributed by atoms with Crippen LogP contribution >= 0.6 is 8.30 Å². The summed E-state index contributed by atoms with van der Waals surface area (Å²) in [7, 11) is 3.02. The van der Waals surface area contributed by atoms with Gasteiger partial charge in [0.15, 0.2) is 0 Å². The predicted molar refractivity (Wildman–Crippen MR) is 87.0 cm³/mol. The van der Waals surface area contributed by atoms with E-state index in [2.05, 4.69) is 49.0 Å². The van der Waals surface area contributed by atoms with Crippen molar-refractivity contribution >= 4 is 13.6 Å². The van der Waals surface area contributed by atoms with Crippen LogP contribution in [0.2, 0.25) is 0 Å². The molecule has 0 saturated carbocycles. The van der Waals surface area contributed by atoms with Gasteiger partial charge >= 0.3 is 0 Å². The Morgan fingerprint density at radius 3 is 2.43 bits per heavy atom. The SMILES string of the molecule is COc1ccccc1[P@@]1O[C@H](c2ccccc2)[C@H](C)N1C. The molecule has 0 amide bonds. The second-order valence-electron chi connectivity index (χ2n) is 5.20. The van der Waals surface area contributed by atoms with Crippen LogP contribution in [0.3, 0.4) is 0 Å². The summed E-state index contributed by atoms with van der Waals surface area (Å²) in [6, 6.07) is 18.9. The molecule has 3 rings (SSSR count). The molecule has 0 bridgehead atoms. The van der Waals surface area contributed by atoms with Crippen molar-refractivity contribution in [3.05, 3.63) is 60.2 Å². The lowest BCUT2D eigenvalue weighted by atomic mass is 10.0. The van der Waals surface area contributed by atoms with Gasteiger partial charge in [0.2, 0.25) is 0 Å². The molecule has 0 unspecified atom stereocenters. The molecule has 1 saturated heterocycles. The number of ether oxygens (including phenoxy) is 1. The molecule has 1 aliphatic heterocycles. The summed E-state index contributed by atoms with van der Waals surface area (Å²) in [6.07, 6.45) is 0.104. The van der Waals surface area contributed by atoms with E-state index in [1.54, 1.807) is 7.11 Å². The number of benzene rings is 2. The van der Waals surface area contributed by atoms with Crippen molar-refractivity contribution in [1.82, 2.24) is 4.67 Å². The average molecular weight is 301 g/mol. The first-order chi connectivity index (χ1) is 10.2. The van der Waals surface area contributed by atoms with Crippen molar-refractivity contribution in [3.8, 4) is 5.75 Å². The van der Waals surface area contributed by atoms with Gasteiger partial charge in [-0.05, 0) is 31.7 Å². The highest BCUT2D eigenvalue weighted by molar-refractivity contribution is 7.59. The third-order valence-electron chi connectivity index (χ3n) is 3.95. The summed E-state index contributed by atoms with van der Waals surface area (Å²) in [4.78, 5) is 0. The van der Waals surface area contributed by atoms with Crippen LogP contribution in [-0.4, -0.2) is 24.9 Å². The Balaban J connectivity index is 1.92. The summed E-state index contributed by atoms with van der Waals surface area (Å²) >= 11 is 0. The Labute approximate surface area is 127 Å². The molecule has 110 valence electrons. The molecule has 0 radical (unpaired) electrons. The van der Waals surface area contributed by atoms with E-state index < -0.39 is 8.30 Å². The summed E-state index contributed by atoms with van der Waals surface area (Å²) in [6.45, 7) is 2.22. The Morgan fingerprint density at radius 1 is 1.05 bits per heavy atom. The van der Waals surface area contributed by atoms with E-state index >= 15 is 0 Å². The van der Waals surface area contributed by atoms with Crippen LogP contribution in [0.15, 0.2) is 54.6 Å². The van der Waals surface area contributed by atoms with E-state index in [0.717, 1.165) is 11.1 Å². The molecule has 2 aromatic carbocycles. The maximum Gasteiger partial charge on any atom is 0.142 e. The number of para-hydroxylation sites is 1. The first-order valence-corrected chi connectivity index (χ1v) is 8.31. The van der Waals surface area contributed by atoms with Gasteiger partial charge in [-0.25, -0.2) is 0 Å². The van der Waals surface area contributed by atoms with Crippen molar-refractivity contribution in [2.75, 3.05) is 14.2 Å². The smallest absolute Gasteiger partial charge is 0.142 e. The van der Waals surface area contributed by atoms with Crippen LogP contribution < -0.4 is 10.0 Å². The first kappa shape index (κ1) is 14.5. The van der Waals surface area contributed by atoms with Gasteiger partial charge in [-0.1, -0.05) is 42.5 Å². The molecule has 1 fully saturated rings. The number of methoxy groups -OCH3 is 1. The fourth-order valence-corrected chi connectivity index (χ4v) is 4.76. The Bertz CT molecular complexity index is 605. The molecule has 0 aliphatic carbocycles. The van der Waals surface area contributed by atoms with Crippen LogP contribution in [0.25, 0.3) is 0 Å². The zero-order chi connectivity index (χ0) is 14.8. The molecule has 0 aromatic heterocycles. The second kappa shape index (κ2) is 6.15. The summed E-state index contributed by atoms with van der Waals surface area (Å²) in [5, 5.41) is 1.14. The van der Waals surface area contributed by atoms with Gasteiger partial charge in [0.25, 0.3) is 0 Å². The molecular weight excluding hydrogens is 281 g/mol. The Morgan fingerprint density at radius 2 is 1.71 bits per heavy atom. The third-order valence-corrected chi connectivity index (χ3v) is 6.09. The van der Waals surface area contributed by atoms with Crippen LogP contribution in [0.4, 0.5) is 0 Å². The highest BCUT2D eigenvalue weighted by atomic mass is 31.2. The number of hydrogen-bond acceptors (Lipinski definition) is 3.